The summed E-state index contributed by atoms with van der Waals surface area (Å²) >= 11 is 0. The second kappa shape index (κ2) is 3.01. The van der Waals surface area contributed by atoms with Crippen LogP contribution in [-0.2, 0) is 4.79 Å². The molecule has 0 radical (unpaired) electrons. The Balaban J connectivity index is 3.64. The highest BCUT2D eigenvalue weighted by Crippen LogP contribution is 1.81. The van der Waals surface area contributed by atoms with Gasteiger partial charge in [0.2, 0.25) is 5.91 Å². The minimum atomic E-state index is -1.05. The van der Waals surface area contributed by atoms with E-state index in [4.69, 9.17) is 0 Å². The molecule has 1 N–H and O–H groups in total. The van der Waals surface area contributed by atoms with Crippen LogP contribution in [0, 0.1) is 0 Å². The minimum absolute atomic E-state index is 0.207. The van der Waals surface area contributed by atoms with Crippen LogP contribution in [-0.4, -0.2) is 24.1 Å². The molecule has 0 fully saturated rings. The molecule has 0 aliphatic rings. The highest BCUT2D eigenvalue weighted by molar-refractivity contribution is 5.92. The van der Waals surface area contributed by atoms with Crippen LogP contribution in [0.3, 0.4) is 0 Å². The summed E-state index contributed by atoms with van der Waals surface area (Å²) in [5.74, 6) is -0.579. The molecule has 0 saturated heterocycles. The molecule has 0 heterocycles. The smallest absolute Gasteiger partial charge is 0.276 e. The van der Waals surface area contributed by atoms with Crippen LogP contribution in [0.25, 0.3) is 0 Å². The molecule has 0 atom stereocenters. The van der Waals surface area contributed by atoms with Gasteiger partial charge in [-0.25, -0.2) is 4.79 Å². The van der Waals surface area contributed by atoms with E-state index >= 15 is 0 Å². The molecule has 4 nitrogen and oxygen atoms in total. The average Bonchev–Trinajstić information content (AvgIpc) is 1.63. The van der Waals surface area contributed by atoms with Crippen molar-refractivity contribution in [3.8, 4) is 0 Å². The summed E-state index contributed by atoms with van der Waals surface area (Å²) in [5, 5.41) is 1.51. The molecule has 0 saturated carbocycles. The van der Waals surface area contributed by atoms with Gasteiger partial charge in [0.15, 0.2) is 0 Å². The van der Waals surface area contributed by atoms with Gasteiger partial charge in [-0.05, 0) is 0 Å². The third-order valence-corrected chi connectivity index (χ3v) is 0.563. The first-order valence-corrected chi connectivity index (χ1v) is 2.25. The highest BCUT2D eigenvalue weighted by Gasteiger charge is 2.06. The van der Waals surface area contributed by atoms with Gasteiger partial charge in [-0.2, -0.15) is 5.12 Å². The van der Waals surface area contributed by atoms with E-state index in [-0.39, 0.29) is 5.12 Å². The topological polar surface area (TPSA) is 49.4 Å². The molecule has 0 aromatic heterocycles. The zero-order chi connectivity index (χ0) is 7.44. The first-order valence-electron chi connectivity index (χ1n) is 2.25. The van der Waals surface area contributed by atoms with E-state index in [0.29, 0.717) is 0 Å². The van der Waals surface area contributed by atoms with Gasteiger partial charge in [0, 0.05) is 14.0 Å². The number of nitrogens with zero attached hydrogens (tertiary/aromatic N) is 1. The fourth-order valence-corrected chi connectivity index (χ4v) is 0.228. The maximum Gasteiger partial charge on any atom is 0.351 e. The fraction of sp³-hybridized carbons (Fsp3) is 0.500. The van der Waals surface area contributed by atoms with Gasteiger partial charge < -0.3 is 0 Å². The number of urea groups is 1. The van der Waals surface area contributed by atoms with E-state index in [1.807, 2.05) is 0 Å². The van der Waals surface area contributed by atoms with E-state index in [0.717, 1.165) is 14.0 Å². The molecule has 0 bridgehead atoms. The van der Waals surface area contributed by atoms with Gasteiger partial charge in [-0.3, -0.25) is 10.1 Å². The number of hydrogen-bond donors (Lipinski definition) is 1. The summed E-state index contributed by atoms with van der Waals surface area (Å²) in [6.07, 6.45) is 0. The summed E-state index contributed by atoms with van der Waals surface area (Å²) in [5.41, 5.74) is 0. The molecule has 5 heteroatoms. The van der Waals surface area contributed by atoms with E-state index in [2.05, 4.69) is 0 Å². The molecular weight excluding hydrogens is 127 g/mol. The predicted molar refractivity (Wildman–Crippen MR) is 28.1 cm³/mol. The maximum absolute atomic E-state index is 11.7. The van der Waals surface area contributed by atoms with Gasteiger partial charge in [-0.15, -0.1) is 0 Å². The van der Waals surface area contributed by atoms with Crippen LogP contribution in [0.5, 0.6) is 0 Å². The summed E-state index contributed by atoms with van der Waals surface area (Å²) in [6.45, 7) is 1.13. The van der Waals surface area contributed by atoms with Crippen LogP contribution in [0.4, 0.5) is 9.28 Å². The Morgan fingerprint density at radius 3 is 2.11 bits per heavy atom. The lowest BCUT2D eigenvalue weighted by molar-refractivity contribution is -0.118. The Hall–Kier alpha value is -1.13. The second-order valence-corrected chi connectivity index (χ2v) is 1.46. The van der Waals surface area contributed by atoms with Crippen molar-refractivity contribution in [1.29, 1.82) is 0 Å². The monoisotopic (exact) mass is 134 g/mol. The SMILES string of the molecule is CC(=O)NC(=O)N(C)F. The van der Waals surface area contributed by atoms with Crippen molar-refractivity contribution in [2.75, 3.05) is 7.05 Å². The Morgan fingerprint density at radius 2 is 2.00 bits per heavy atom. The largest absolute Gasteiger partial charge is 0.351 e. The summed E-state index contributed by atoms with van der Waals surface area (Å²) < 4.78 is 11.7. The van der Waals surface area contributed by atoms with Crippen molar-refractivity contribution >= 4 is 11.9 Å². The zero-order valence-corrected chi connectivity index (χ0v) is 5.14. The molecule has 0 unspecified atom stereocenters. The molecule has 9 heavy (non-hydrogen) atoms. The lowest BCUT2D eigenvalue weighted by Crippen LogP contribution is -2.35. The molecule has 52 valence electrons. The third-order valence-electron chi connectivity index (χ3n) is 0.563. The lowest BCUT2D eigenvalue weighted by Gasteiger charge is -2.02. The highest BCUT2D eigenvalue weighted by atomic mass is 19.2. The molecular formula is C4H7FN2O2. The van der Waals surface area contributed by atoms with Crippen molar-refractivity contribution in [1.82, 2.24) is 10.4 Å². The summed E-state index contributed by atoms with van der Waals surface area (Å²) in [7, 11) is 0.901. The van der Waals surface area contributed by atoms with Gasteiger partial charge >= 0.3 is 6.03 Å². The van der Waals surface area contributed by atoms with E-state index in [1.165, 1.54) is 0 Å². The predicted octanol–water partition coefficient (Wildman–Crippen LogP) is 0.0588. The Kier molecular flexibility index (Phi) is 2.63. The molecule has 0 aliphatic heterocycles. The van der Waals surface area contributed by atoms with E-state index < -0.39 is 11.9 Å². The number of carbonyl (C=O) groups excluding carboxylic acids is 2. The van der Waals surface area contributed by atoms with Crippen LogP contribution in [0.2, 0.25) is 0 Å². The molecule has 0 aromatic rings. The molecule has 0 aromatic carbocycles. The van der Waals surface area contributed by atoms with Crippen molar-refractivity contribution in [2.24, 2.45) is 0 Å². The summed E-state index contributed by atoms with van der Waals surface area (Å²) in [4.78, 5) is 20.2. The third kappa shape index (κ3) is 3.45. The second-order valence-electron chi connectivity index (χ2n) is 1.46. The molecule has 3 amide bonds. The number of nitrogens with one attached hydrogen (secondary N) is 1. The zero-order valence-electron chi connectivity index (χ0n) is 5.14. The normalized spacial score (nSPS) is 8.33. The average molecular weight is 134 g/mol. The van der Waals surface area contributed by atoms with Crippen molar-refractivity contribution in [2.45, 2.75) is 6.92 Å². The van der Waals surface area contributed by atoms with Crippen LogP contribution in [0.15, 0.2) is 0 Å². The number of amides is 3. The molecule has 0 spiro atoms. The van der Waals surface area contributed by atoms with Crippen molar-refractivity contribution < 1.29 is 14.1 Å². The Labute approximate surface area is 51.6 Å². The number of halogens is 1. The van der Waals surface area contributed by atoms with Gasteiger partial charge in [-0.1, -0.05) is 4.48 Å². The van der Waals surface area contributed by atoms with Crippen LogP contribution < -0.4 is 5.32 Å². The minimum Gasteiger partial charge on any atom is -0.276 e. The molecule has 0 rings (SSSR count). The van der Waals surface area contributed by atoms with Crippen molar-refractivity contribution in [3.05, 3.63) is 0 Å². The van der Waals surface area contributed by atoms with Crippen LogP contribution in [0.1, 0.15) is 6.92 Å². The standard InChI is InChI=1S/C4H7FN2O2/c1-3(8)6-4(9)7(2)5/h1-2H3,(H,6,8,9). The van der Waals surface area contributed by atoms with Gasteiger partial charge in [0.05, 0.1) is 0 Å². The lowest BCUT2D eigenvalue weighted by atomic mass is 10.7. The Morgan fingerprint density at radius 1 is 1.56 bits per heavy atom. The first-order chi connectivity index (χ1) is 4.04. The number of hydrogen-bond acceptors (Lipinski definition) is 2. The molecule has 0 aliphatic carbocycles. The Bertz CT molecular complexity index is 135. The summed E-state index contributed by atoms with van der Waals surface area (Å²) in [6, 6.07) is -1.05. The van der Waals surface area contributed by atoms with Crippen molar-refractivity contribution in [3.63, 3.8) is 0 Å². The van der Waals surface area contributed by atoms with Gasteiger partial charge in [0.25, 0.3) is 0 Å². The van der Waals surface area contributed by atoms with Gasteiger partial charge in [0.1, 0.15) is 0 Å². The quantitative estimate of drug-likeness (QED) is 0.476. The van der Waals surface area contributed by atoms with E-state index in [1.54, 1.807) is 5.32 Å². The fourth-order valence-electron chi connectivity index (χ4n) is 0.228. The maximum atomic E-state index is 11.7. The number of rotatable bonds is 0. The first kappa shape index (κ1) is 7.87. The van der Waals surface area contributed by atoms with Crippen LogP contribution >= 0.6 is 0 Å². The number of imide groups is 1. The van der Waals surface area contributed by atoms with E-state index in [9.17, 15) is 14.1 Å². The number of carbonyl (C=O) groups is 2.